The van der Waals surface area contributed by atoms with Crippen molar-refractivity contribution in [2.75, 3.05) is 19.6 Å². The number of nitrogens with one attached hydrogen (secondary N) is 2. The lowest BCUT2D eigenvalue weighted by Crippen LogP contribution is -2.48. The molecule has 2 aliphatic heterocycles. The predicted molar refractivity (Wildman–Crippen MR) is 105 cm³/mol. The van der Waals surface area contributed by atoms with Crippen LogP contribution in [0.5, 0.6) is 0 Å². The first-order valence-corrected chi connectivity index (χ1v) is 9.51. The second kappa shape index (κ2) is 10.1. The molecule has 4 nitrogen and oxygen atoms in total. The molecule has 0 aromatic heterocycles. The summed E-state index contributed by atoms with van der Waals surface area (Å²) in [5.41, 5.74) is 1.36. The molecule has 0 bridgehead atoms. The van der Waals surface area contributed by atoms with Crippen molar-refractivity contribution in [3.8, 4) is 0 Å². The van der Waals surface area contributed by atoms with Crippen molar-refractivity contribution in [1.82, 2.24) is 15.5 Å². The van der Waals surface area contributed by atoms with Gasteiger partial charge < -0.3 is 10.6 Å². The summed E-state index contributed by atoms with van der Waals surface area (Å²) in [5.74, 6) is 0.445. The molecule has 0 aliphatic carbocycles. The van der Waals surface area contributed by atoms with Crippen molar-refractivity contribution in [2.45, 2.75) is 57.7 Å². The van der Waals surface area contributed by atoms with Crippen molar-refractivity contribution in [3.63, 3.8) is 0 Å². The third-order valence-electron chi connectivity index (χ3n) is 5.48. The SMILES string of the molecule is C[C@H]1C[C@@H](C(=O)NCC2CCCCN2Cc2ccccc2)CCN1.Cl. The van der Waals surface area contributed by atoms with Gasteiger partial charge >= 0.3 is 0 Å². The number of amides is 1. The third-order valence-corrected chi connectivity index (χ3v) is 5.48. The lowest BCUT2D eigenvalue weighted by atomic mass is 9.92. The molecular formula is C20H32ClN3O. The first kappa shape index (κ1) is 20.2. The molecule has 1 aromatic carbocycles. The standard InChI is InChI=1S/C20H31N3O.ClH/c1-16-13-18(10-11-21-16)20(24)22-14-19-9-5-6-12-23(19)15-17-7-3-2-4-8-17;/h2-4,7-8,16,18-19,21H,5-6,9-15H2,1H3,(H,22,24);1H/t16-,18-,19?;/m0./s1. The summed E-state index contributed by atoms with van der Waals surface area (Å²) in [6.45, 7) is 6.06. The van der Waals surface area contributed by atoms with E-state index in [4.69, 9.17) is 0 Å². The smallest absolute Gasteiger partial charge is 0.223 e. The maximum Gasteiger partial charge on any atom is 0.223 e. The Morgan fingerprint density at radius 1 is 1.24 bits per heavy atom. The van der Waals surface area contributed by atoms with Gasteiger partial charge in [-0.15, -0.1) is 12.4 Å². The number of benzene rings is 1. The van der Waals surface area contributed by atoms with Crippen LogP contribution in [0.15, 0.2) is 30.3 Å². The minimum atomic E-state index is 0. The van der Waals surface area contributed by atoms with Crippen molar-refractivity contribution >= 4 is 18.3 Å². The number of carbonyl (C=O) groups excluding carboxylic acids is 1. The molecule has 0 saturated carbocycles. The van der Waals surface area contributed by atoms with Crippen molar-refractivity contribution in [1.29, 1.82) is 0 Å². The molecule has 2 fully saturated rings. The van der Waals surface area contributed by atoms with Gasteiger partial charge in [-0.1, -0.05) is 36.8 Å². The molecule has 0 spiro atoms. The van der Waals surface area contributed by atoms with E-state index in [0.29, 0.717) is 12.1 Å². The van der Waals surface area contributed by atoms with E-state index in [1.54, 1.807) is 0 Å². The van der Waals surface area contributed by atoms with Crippen LogP contribution in [0.3, 0.4) is 0 Å². The molecule has 2 N–H and O–H groups in total. The topological polar surface area (TPSA) is 44.4 Å². The molecule has 2 saturated heterocycles. The zero-order chi connectivity index (χ0) is 16.8. The number of hydrogen-bond acceptors (Lipinski definition) is 3. The molecule has 140 valence electrons. The minimum absolute atomic E-state index is 0. The Morgan fingerprint density at radius 3 is 2.80 bits per heavy atom. The average molecular weight is 366 g/mol. The van der Waals surface area contributed by atoms with E-state index in [0.717, 1.165) is 39.0 Å². The predicted octanol–water partition coefficient (Wildman–Crippen LogP) is 2.97. The lowest BCUT2D eigenvalue weighted by Gasteiger charge is -2.36. The monoisotopic (exact) mass is 365 g/mol. The zero-order valence-corrected chi connectivity index (χ0v) is 16.1. The summed E-state index contributed by atoms with van der Waals surface area (Å²) in [6.07, 6.45) is 5.66. The van der Waals surface area contributed by atoms with Crippen molar-refractivity contribution in [3.05, 3.63) is 35.9 Å². The molecule has 3 rings (SSSR count). The number of nitrogens with zero attached hydrogens (tertiary/aromatic N) is 1. The van der Waals surface area contributed by atoms with Crippen LogP contribution in [-0.4, -0.2) is 42.5 Å². The second-order valence-corrected chi connectivity index (χ2v) is 7.43. The molecule has 5 heteroatoms. The van der Waals surface area contributed by atoms with Gasteiger partial charge in [-0.25, -0.2) is 0 Å². The fraction of sp³-hybridized carbons (Fsp3) is 0.650. The van der Waals surface area contributed by atoms with Crippen LogP contribution in [0.1, 0.15) is 44.6 Å². The van der Waals surface area contributed by atoms with Crippen LogP contribution >= 0.6 is 12.4 Å². The fourth-order valence-electron chi connectivity index (χ4n) is 4.05. The molecule has 0 radical (unpaired) electrons. The third kappa shape index (κ3) is 5.98. The number of piperidine rings is 2. The Bertz CT molecular complexity index is 525. The van der Waals surface area contributed by atoms with Gasteiger partial charge in [-0.3, -0.25) is 9.69 Å². The number of hydrogen-bond donors (Lipinski definition) is 2. The highest BCUT2D eigenvalue weighted by Gasteiger charge is 2.27. The van der Waals surface area contributed by atoms with Crippen LogP contribution in [0.2, 0.25) is 0 Å². The van der Waals surface area contributed by atoms with E-state index < -0.39 is 0 Å². The van der Waals surface area contributed by atoms with Gasteiger partial charge in [0.1, 0.15) is 0 Å². The maximum atomic E-state index is 12.5. The van der Waals surface area contributed by atoms with E-state index in [9.17, 15) is 4.79 Å². The van der Waals surface area contributed by atoms with Crippen LogP contribution in [-0.2, 0) is 11.3 Å². The van der Waals surface area contributed by atoms with Crippen LogP contribution in [0, 0.1) is 5.92 Å². The molecule has 3 atom stereocenters. The molecule has 1 unspecified atom stereocenters. The average Bonchev–Trinajstić information content (AvgIpc) is 2.61. The minimum Gasteiger partial charge on any atom is -0.354 e. The van der Waals surface area contributed by atoms with Crippen LogP contribution < -0.4 is 10.6 Å². The Hall–Kier alpha value is -1.10. The Balaban J connectivity index is 0.00000225. The summed E-state index contributed by atoms with van der Waals surface area (Å²) in [4.78, 5) is 15.0. The number of rotatable bonds is 5. The van der Waals surface area contributed by atoms with Gasteiger partial charge in [0, 0.05) is 31.1 Å². The molecule has 2 heterocycles. The fourth-order valence-corrected chi connectivity index (χ4v) is 4.05. The summed E-state index contributed by atoms with van der Waals surface area (Å²) in [7, 11) is 0. The molecule has 25 heavy (non-hydrogen) atoms. The second-order valence-electron chi connectivity index (χ2n) is 7.43. The Labute approximate surface area is 158 Å². The highest BCUT2D eigenvalue weighted by Crippen LogP contribution is 2.20. The molecular weight excluding hydrogens is 334 g/mol. The van der Waals surface area contributed by atoms with E-state index in [-0.39, 0.29) is 24.2 Å². The number of halogens is 1. The molecule has 1 aromatic rings. The molecule has 2 aliphatic rings. The highest BCUT2D eigenvalue weighted by atomic mass is 35.5. The summed E-state index contributed by atoms with van der Waals surface area (Å²) < 4.78 is 0. The quantitative estimate of drug-likeness (QED) is 0.843. The van der Waals surface area contributed by atoms with E-state index in [1.165, 1.54) is 24.8 Å². The van der Waals surface area contributed by atoms with Crippen LogP contribution in [0.4, 0.5) is 0 Å². The van der Waals surface area contributed by atoms with E-state index >= 15 is 0 Å². The largest absolute Gasteiger partial charge is 0.354 e. The summed E-state index contributed by atoms with van der Waals surface area (Å²) in [6, 6.07) is 11.6. The Morgan fingerprint density at radius 2 is 2.04 bits per heavy atom. The van der Waals surface area contributed by atoms with Gasteiger partial charge in [0.25, 0.3) is 0 Å². The first-order valence-electron chi connectivity index (χ1n) is 9.51. The van der Waals surface area contributed by atoms with Gasteiger partial charge in [-0.05, 0) is 51.3 Å². The van der Waals surface area contributed by atoms with Crippen molar-refractivity contribution in [2.24, 2.45) is 5.92 Å². The number of carbonyl (C=O) groups is 1. The number of likely N-dealkylation sites (tertiary alicyclic amines) is 1. The van der Waals surface area contributed by atoms with Gasteiger partial charge in [0.05, 0.1) is 0 Å². The molecule has 1 amide bonds. The van der Waals surface area contributed by atoms with Crippen molar-refractivity contribution < 1.29 is 4.79 Å². The van der Waals surface area contributed by atoms with E-state index in [1.807, 2.05) is 0 Å². The maximum absolute atomic E-state index is 12.5. The summed E-state index contributed by atoms with van der Waals surface area (Å²) in [5, 5.41) is 6.67. The van der Waals surface area contributed by atoms with Gasteiger partial charge in [0.2, 0.25) is 5.91 Å². The summed E-state index contributed by atoms with van der Waals surface area (Å²) >= 11 is 0. The van der Waals surface area contributed by atoms with Crippen LogP contribution in [0.25, 0.3) is 0 Å². The van der Waals surface area contributed by atoms with Gasteiger partial charge in [0.15, 0.2) is 0 Å². The Kier molecular flexibility index (Phi) is 8.20. The normalized spacial score (nSPS) is 27.3. The zero-order valence-electron chi connectivity index (χ0n) is 15.2. The van der Waals surface area contributed by atoms with Gasteiger partial charge in [-0.2, -0.15) is 0 Å². The first-order chi connectivity index (χ1) is 11.7. The van der Waals surface area contributed by atoms with E-state index in [2.05, 4.69) is 52.8 Å². The highest BCUT2D eigenvalue weighted by molar-refractivity contribution is 5.85. The lowest BCUT2D eigenvalue weighted by molar-refractivity contribution is -0.126.